The molecule has 0 radical (unpaired) electrons. The Morgan fingerprint density at radius 1 is 1.67 bits per heavy atom. The first-order valence-corrected chi connectivity index (χ1v) is 4.90. The largest absolute Gasteiger partial charge is 0.273 e. The summed E-state index contributed by atoms with van der Waals surface area (Å²) in [5.74, 6) is 0. The van der Waals surface area contributed by atoms with E-state index in [1.165, 1.54) is 7.11 Å². The summed E-state index contributed by atoms with van der Waals surface area (Å²) in [6.07, 6.45) is 0.789. The highest BCUT2D eigenvalue weighted by Crippen LogP contribution is 1.94. The Hall–Kier alpha value is 0.290. The van der Waals surface area contributed by atoms with Gasteiger partial charge in [-0.2, -0.15) is 4.21 Å². The van der Waals surface area contributed by atoms with Gasteiger partial charge in [-0.05, 0) is 6.42 Å². The van der Waals surface area contributed by atoms with Gasteiger partial charge in [0.1, 0.15) is 0 Å². The maximum atomic E-state index is 10.7. The van der Waals surface area contributed by atoms with Crippen molar-refractivity contribution < 1.29 is 12.6 Å². The molecule has 0 aliphatic rings. The molecule has 0 saturated carbocycles. The number of hydrogen-bond donors (Lipinski definition) is 0. The van der Waals surface area contributed by atoms with Crippen molar-refractivity contribution >= 4 is 20.2 Å². The van der Waals surface area contributed by atoms with Crippen molar-refractivity contribution in [2.45, 2.75) is 13.3 Å². The van der Waals surface area contributed by atoms with Crippen molar-refractivity contribution in [1.29, 1.82) is 0 Å². The summed E-state index contributed by atoms with van der Waals surface area (Å²) in [5.41, 5.74) is 0. The van der Waals surface area contributed by atoms with E-state index in [-0.39, 0.29) is 0 Å². The van der Waals surface area contributed by atoms with E-state index < -0.39 is 9.05 Å². The van der Waals surface area contributed by atoms with Gasteiger partial charge in [-0.3, -0.25) is 8.37 Å². The van der Waals surface area contributed by atoms with Crippen molar-refractivity contribution in [2.24, 2.45) is 0 Å². The van der Waals surface area contributed by atoms with Crippen molar-refractivity contribution in [2.75, 3.05) is 13.7 Å². The molecule has 0 aliphatic carbocycles. The zero-order valence-electron chi connectivity index (χ0n) is 5.46. The van der Waals surface area contributed by atoms with Crippen LogP contribution in [-0.4, -0.2) is 17.9 Å². The molecule has 0 aromatic heterocycles. The van der Waals surface area contributed by atoms with Crippen LogP contribution in [0.15, 0.2) is 0 Å². The highest BCUT2D eigenvalue weighted by atomic mass is 32.9. The molecule has 0 heterocycles. The van der Waals surface area contributed by atoms with Gasteiger partial charge in [-0.1, -0.05) is 6.92 Å². The van der Waals surface area contributed by atoms with E-state index in [0.29, 0.717) is 6.61 Å². The summed E-state index contributed by atoms with van der Waals surface area (Å²) in [6.45, 7) is 2.29. The number of rotatable bonds is 4. The number of hydrogen-bond acceptors (Lipinski definition) is 4. The predicted molar refractivity (Wildman–Crippen MR) is 38.8 cm³/mol. The normalized spacial score (nSPS) is 17.1. The second-order valence-electron chi connectivity index (χ2n) is 1.40. The summed E-state index contributed by atoms with van der Waals surface area (Å²) < 4.78 is 19.7. The van der Waals surface area contributed by atoms with Gasteiger partial charge in [0.15, 0.2) is 0 Å². The Morgan fingerprint density at radius 3 is 2.56 bits per heavy atom. The van der Waals surface area contributed by atoms with Crippen molar-refractivity contribution in [3.63, 3.8) is 0 Å². The van der Waals surface area contributed by atoms with Gasteiger partial charge >= 0.3 is 0 Å². The summed E-state index contributed by atoms with van der Waals surface area (Å²) in [4.78, 5) is 0. The molecule has 0 aromatic rings. The van der Waals surface area contributed by atoms with Gasteiger partial charge in [0.2, 0.25) is 0 Å². The minimum atomic E-state index is -2.85. The van der Waals surface area contributed by atoms with Crippen LogP contribution in [-0.2, 0) is 28.6 Å². The Labute approximate surface area is 60.4 Å². The first-order valence-electron chi connectivity index (χ1n) is 2.57. The van der Waals surface area contributed by atoms with Crippen LogP contribution in [0.25, 0.3) is 0 Å². The van der Waals surface area contributed by atoms with Crippen molar-refractivity contribution in [1.82, 2.24) is 0 Å². The zero-order valence-corrected chi connectivity index (χ0v) is 7.09. The molecule has 1 atom stereocenters. The summed E-state index contributed by atoms with van der Waals surface area (Å²) >= 11 is 4.39. The third-order valence-electron chi connectivity index (χ3n) is 0.636. The molecule has 3 nitrogen and oxygen atoms in total. The van der Waals surface area contributed by atoms with Crippen LogP contribution in [0.4, 0.5) is 0 Å². The maximum absolute atomic E-state index is 10.7. The Balaban J connectivity index is 3.61. The lowest BCUT2D eigenvalue weighted by molar-refractivity contribution is 0.279. The van der Waals surface area contributed by atoms with Gasteiger partial charge in [0.25, 0.3) is 9.05 Å². The van der Waals surface area contributed by atoms with Gasteiger partial charge in [0, 0.05) is 11.2 Å². The fraction of sp³-hybridized carbons (Fsp3) is 1.00. The molecular weight excluding hydrogens is 160 g/mol. The van der Waals surface area contributed by atoms with Crippen LogP contribution in [0, 0.1) is 0 Å². The third-order valence-corrected chi connectivity index (χ3v) is 2.20. The van der Waals surface area contributed by atoms with E-state index in [2.05, 4.69) is 19.6 Å². The maximum Gasteiger partial charge on any atom is 0.268 e. The van der Waals surface area contributed by atoms with E-state index in [4.69, 9.17) is 0 Å². The Kier molecular flexibility index (Phi) is 4.29. The molecule has 0 N–H and O–H groups in total. The Bertz CT molecular complexity index is 149. The second kappa shape index (κ2) is 4.16. The molecule has 0 bridgehead atoms. The van der Waals surface area contributed by atoms with Crippen LogP contribution < -0.4 is 0 Å². The lowest BCUT2D eigenvalue weighted by Crippen LogP contribution is -2.05. The quantitative estimate of drug-likeness (QED) is 0.620. The SMILES string of the molecule is CCCOS(=O)(=S)OC. The van der Waals surface area contributed by atoms with Gasteiger partial charge in [0.05, 0.1) is 13.7 Å². The van der Waals surface area contributed by atoms with E-state index >= 15 is 0 Å². The molecule has 5 heteroatoms. The van der Waals surface area contributed by atoms with Crippen molar-refractivity contribution in [3.05, 3.63) is 0 Å². The van der Waals surface area contributed by atoms with Crippen LogP contribution in [0.2, 0.25) is 0 Å². The lowest BCUT2D eigenvalue weighted by atomic mass is 10.5. The molecule has 0 amide bonds. The first kappa shape index (κ1) is 9.29. The smallest absolute Gasteiger partial charge is 0.268 e. The molecule has 56 valence electrons. The summed E-state index contributed by atoms with van der Waals surface area (Å²) in [6, 6.07) is 0. The van der Waals surface area contributed by atoms with E-state index in [0.717, 1.165) is 6.42 Å². The monoisotopic (exact) mass is 170 g/mol. The molecule has 0 spiro atoms. The topological polar surface area (TPSA) is 35.5 Å². The fourth-order valence-corrected chi connectivity index (χ4v) is 0.905. The molecular formula is C4H10O3S2. The molecule has 0 rings (SSSR count). The predicted octanol–water partition coefficient (Wildman–Crippen LogP) is 0.636. The van der Waals surface area contributed by atoms with E-state index in [1.807, 2.05) is 6.92 Å². The highest BCUT2D eigenvalue weighted by Gasteiger charge is 2.00. The minimum Gasteiger partial charge on any atom is -0.273 e. The minimum absolute atomic E-state index is 0.385. The molecule has 1 unspecified atom stereocenters. The van der Waals surface area contributed by atoms with Gasteiger partial charge < -0.3 is 0 Å². The fourth-order valence-electron chi connectivity index (χ4n) is 0.234. The molecule has 0 fully saturated rings. The molecule has 0 saturated heterocycles. The van der Waals surface area contributed by atoms with Crippen LogP contribution in [0.1, 0.15) is 13.3 Å². The zero-order chi connectivity index (χ0) is 7.33. The summed E-state index contributed by atoms with van der Waals surface area (Å²) in [5, 5.41) is 0. The standard InChI is InChI=1S/C4H10O3S2/c1-3-4-7-9(5,8)6-2/h3-4H2,1-2H3. The Morgan fingerprint density at radius 2 is 2.22 bits per heavy atom. The van der Waals surface area contributed by atoms with Crippen LogP contribution in [0.5, 0.6) is 0 Å². The lowest BCUT2D eigenvalue weighted by Gasteiger charge is -2.01. The average molecular weight is 170 g/mol. The van der Waals surface area contributed by atoms with E-state index in [9.17, 15) is 4.21 Å². The first-order chi connectivity index (χ1) is 4.12. The average Bonchev–Trinajstić information content (AvgIpc) is 1.84. The van der Waals surface area contributed by atoms with Gasteiger partial charge in [-0.15, -0.1) is 0 Å². The van der Waals surface area contributed by atoms with Gasteiger partial charge in [-0.25, -0.2) is 0 Å². The molecule has 9 heavy (non-hydrogen) atoms. The van der Waals surface area contributed by atoms with Crippen molar-refractivity contribution in [3.8, 4) is 0 Å². The van der Waals surface area contributed by atoms with Crippen LogP contribution in [0.3, 0.4) is 0 Å². The van der Waals surface area contributed by atoms with E-state index in [1.54, 1.807) is 0 Å². The second-order valence-corrected chi connectivity index (χ2v) is 4.01. The summed E-state index contributed by atoms with van der Waals surface area (Å²) in [7, 11) is -1.58. The highest BCUT2D eigenvalue weighted by molar-refractivity contribution is 8.27. The third kappa shape index (κ3) is 4.77. The van der Waals surface area contributed by atoms with Crippen LogP contribution >= 0.6 is 0 Å². The molecule has 0 aromatic carbocycles. The molecule has 0 aliphatic heterocycles.